The molecule has 0 radical (unpaired) electrons. The highest BCUT2D eigenvalue weighted by Crippen LogP contribution is 2.21. The summed E-state index contributed by atoms with van der Waals surface area (Å²) in [4.78, 5) is 25.2. The Labute approximate surface area is 101 Å². The maximum Gasteiger partial charge on any atom is 0.308 e. The van der Waals surface area contributed by atoms with Crippen LogP contribution >= 0.6 is 0 Å². The van der Waals surface area contributed by atoms with Crippen LogP contribution in [0.4, 0.5) is 0 Å². The SMILES string of the molecule is COC(=O)C1CCN(C(=O)C2CCCO2)CC1. The van der Waals surface area contributed by atoms with Crippen molar-refractivity contribution in [2.24, 2.45) is 5.92 Å². The van der Waals surface area contributed by atoms with Crippen LogP contribution in [-0.2, 0) is 19.1 Å². The summed E-state index contributed by atoms with van der Waals surface area (Å²) in [6.45, 7) is 1.96. The van der Waals surface area contributed by atoms with Crippen molar-refractivity contribution in [1.29, 1.82) is 0 Å². The molecule has 17 heavy (non-hydrogen) atoms. The smallest absolute Gasteiger partial charge is 0.308 e. The largest absolute Gasteiger partial charge is 0.469 e. The third-order valence-electron chi connectivity index (χ3n) is 3.55. The first-order valence-corrected chi connectivity index (χ1v) is 6.20. The minimum Gasteiger partial charge on any atom is -0.469 e. The molecule has 5 nitrogen and oxygen atoms in total. The number of likely N-dealkylation sites (tertiary alicyclic amines) is 1. The van der Waals surface area contributed by atoms with Gasteiger partial charge in [0.25, 0.3) is 5.91 Å². The number of carbonyl (C=O) groups excluding carboxylic acids is 2. The highest BCUT2D eigenvalue weighted by atomic mass is 16.5. The van der Waals surface area contributed by atoms with Gasteiger partial charge in [-0.05, 0) is 25.7 Å². The van der Waals surface area contributed by atoms with Crippen molar-refractivity contribution in [2.75, 3.05) is 26.8 Å². The van der Waals surface area contributed by atoms with Gasteiger partial charge in [-0.15, -0.1) is 0 Å². The Morgan fingerprint density at radius 1 is 1.24 bits per heavy atom. The Kier molecular flexibility index (Phi) is 3.99. The van der Waals surface area contributed by atoms with Crippen LogP contribution in [0.15, 0.2) is 0 Å². The molecule has 1 amide bonds. The van der Waals surface area contributed by atoms with Crippen molar-refractivity contribution in [3.8, 4) is 0 Å². The van der Waals surface area contributed by atoms with Crippen LogP contribution in [0.25, 0.3) is 0 Å². The quantitative estimate of drug-likeness (QED) is 0.663. The standard InChI is InChI=1S/C12H19NO4/c1-16-12(15)9-4-6-13(7-5-9)11(14)10-3-2-8-17-10/h9-10H,2-8H2,1H3. The predicted molar refractivity (Wildman–Crippen MR) is 60.3 cm³/mol. The Morgan fingerprint density at radius 3 is 2.47 bits per heavy atom. The zero-order valence-corrected chi connectivity index (χ0v) is 10.2. The second-order valence-electron chi connectivity index (χ2n) is 4.62. The maximum atomic E-state index is 12.0. The van der Waals surface area contributed by atoms with Gasteiger partial charge in [-0.25, -0.2) is 0 Å². The number of rotatable bonds is 2. The summed E-state index contributed by atoms with van der Waals surface area (Å²) in [5.74, 6) is -0.117. The molecule has 5 heteroatoms. The molecule has 0 aromatic rings. The summed E-state index contributed by atoms with van der Waals surface area (Å²) < 4.78 is 10.1. The number of ether oxygens (including phenoxy) is 2. The molecular weight excluding hydrogens is 222 g/mol. The zero-order valence-electron chi connectivity index (χ0n) is 10.2. The van der Waals surface area contributed by atoms with Gasteiger partial charge < -0.3 is 14.4 Å². The van der Waals surface area contributed by atoms with Gasteiger partial charge in [-0.3, -0.25) is 9.59 Å². The van der Waals surface area contributed by atoms with Crippen molar-refractivity contribution in [3.05, 3.63) is 0 Å². The molecule has 1 atom stereocenters. The molecule has 0 spiro atoms. The Balaban J connectivity index is 1.82. The Morgan fingerprint density at radius 2 is 1.94 bits per heavy atom. The molecule has 0 aromatic carbocycles. The van der Waals surface area contributed by atoms with Crippen LogP contribution in [-0.4, -0.2) is 49.7 Å². The van der Waals surface area contributed by atoms with E-state index in [4.69, 9.17) is 9.47 Å². The Bertz CT molecular complexity index is 291. The van der Waals surface area contributed by atoms with Gasteiger partial charge >= 0.3 is 5.97 Å². The summed E-state index contributed by atoms with van der Waals surface area (Å²) >= 11 is 0. The topological polar surface area (TPSA) is 55.8 Å². The van der Waals surface area contributed by atoms with E-state index in [1.807, 2.05) is 4.90 Å². The molecule has 0 aromatic heterocycles. The fourth-order valence-electron chi connectivity index (χ4n) is 2.48. The molecule has 2 aliphatic rings. The molecule has 0 saturated carbocycles. The van der Waals surface area contributed by atoms with Crippen LogP contribution < -0.4 is 0 Å². The van der Waals surface area contributed by atoms with Crippen molar-refractivity contribution < 1.29 is 19.1 Å². The van der Waals surface area contributed by atoms with E-state index in [1.54, 1.807) is 0 Å². The average molecular weight is 241 g/mol. The fraction of sp³-hybridized carbons (Fsp3) is 0.833. The monoisotopic (exact) mass is 241 g/mol. The van der Waals surface area contributed by atoms with Crippen LogP contribution in [0, 0.1) is 5.92 Å². The van der Waals surface area contributed by atoms with Gasteiger partial charge in [-0.2, -0.15) is 0 Å². The number of piperidine rings is 1. The van der Waals surface area contributed by atoms with Crippen molar-refractivity contribution in [3.63, 3.8) is 0 Å². The predicted octanol–water partition coefficient (Wildman–Crippen LogP) is 0.577. The number of amides is 1. The normalized spacial score (nSPS) is 25.9. The van der Waals surface area contributed by atoms with Gasteiger partial charge in [0, 0.05) is 19.7 Å². The number of hydrogen-bond acceptors (Lipinski definition) is 4. The number of esters is 1. The van der Waals surface area contributed by atoms with Gasteiger partial charge in [0.1, 0.15) is 6.10 Å². The molecule has 1 unspecified atom stereocenters. The minimum absolute atomic E-state index is 0.0476. The summed E-state index contributed by atoms with van der Waals surface area (Å²) in [5.41, 5.74) is 0. The van der Waals surface area contributed by atoms with E-state index < -0.39 is 0 Å². The van der Waals surface area contributed by atoms with E-state index in [2.05, 4.69) is 0 Å². The van der Waals surface area contributed by atoms with Crippen LogP contribution in [0.3, 0.4) is 0 Å². The first-order chi connectivity index (χ1) is 8.22. The lowest BCUT2D eigenvalue weighted by atomic mass is 9.96. The van der Waals surface area contributed by atoms with Crippen LogP contribution in [0.5, 0.6) is 0 Å². The van der Waals surface area contributed by atoms with Crippen molar-refractivity contribution in [2.45, 2.75) is 31.8 Å². The van der Waals surface area contributed by atoms with Crippen LogP contribution in [0.1, 0.15) is 25.7 Å². The number of nitrogens with zero attached hydrogens (tertiary/aromatic N) is 1. The van der Waals surface area contributed by atoms with E-state index in [0.29, 0.717) is 32.5 Å². The summed E-state index contributed by atoms with van der Waals surface area (Å²) in [5, 5.41) is 0. The van der Waals surface area contributed by atoms with E-state index >= 15 is 0 Å². The van der Waals surface area contributed by atoms with E-state index in [0.717, 1.165) is 12.8 Å². The number of carbonyl (C=O) groups is 2. The molecule has 96 valence electrons. The average Bonchev–Trinajstić information content (AvgIpc) is 2.91. The summed E-state index contributed by atoms with van der Waals surface area (Å²) in [6.07, 6.45) is 2.95. The summed E-state index contributed by atoms with van der Waals surface area (Å²) in [7, 11) is 1.41. The fourth-order valence-corrected chi connectivity index (χ4v) is 2.48. The highest BCUT2D eigenvalue weighted by molar-refractivity contribution is 5.81. The second kappa shape index (κ2) is 5.49. The lowest BCUT2D eigenvalue weighted by molar-refractivity contribution is -0.151. The second-order valence-corrected chi connectivity index (χ2v) is 4.62. The van der Waals surface area contributed by atoms with E-state index in [9.17, 15) is 9.59 Å². The molecule has 2 aliphatic heterocycles. The maximum absolute atomic E-state index is 12.0. The first-order valence-electron chi connectivity index (χ1n) is 6.20. The van der Waals surface area contributed by atoms with Gasteiger partial charge in [0.2, 0.25) is 0 Å². The third-order valence-corrected chi connectivity index (χ3v) is 3.55. The molecule has 0 N–H and O–H groups in total. The van der Waals surface area contributed by atoms with E-state index in [-0.39, 0.29) is 23.9 Å². The van der Waals surface area contributed by atoms with Gasteiger partial charge in [0.15, 0.2) is 0 Å². The highest BCUT2D eigenvalue weighted by Gasteiger charge is 2.32. The molecular formula is C12H19NO4. The number of hydrogen-bond donors (Lipinski definition) is 0. The molecule has 0 bridgehead atoms. The first kappa shape index (κ1) is 12.4. The summed E-state index contributed by atoms with van der Waals surface area (Å²) in [6, 6.07) is 0. The molecule has 2 fully saturated rings. The lowest BCUT2D eigenvalue weighted by Crippen LogP contribution is -2.44. The zero-order chi connectivity index (χ0) is 12.3. The third kappa shape index (κ3) is 2.77. The number of methoxy groups -OCH3 is 1. The molecule has 0 aliphatic carbocycles. The van der Waals surface area contributed by atoms with Crippen molar-refractivity contribution >= 4 is 11.9 Å². The van der Waals surface area contributed by atoms with Gasteiger partial charge in [-0.1, -0.05) is 0 Å². The van der Waals surface area contributed by atoms with Gasteiger partial charge in [0.05, 0.1) is 13.0 Å². The lowest BCUT2D eigenvalue weighted by Gasteiger charge is -2.32. The van der Waals surface area contributed by atoms with Crippen LogP contribution in [0.2, 0.25) is 0 Å². The Hall–Kier alpha value is -1.10. The van der Waals surface area contributed by atoms with E-state index in [1.165, 1.54) is 7.11 Å². The van der Waals surface area contributed by atoms with Crippen molar-refractivity contribution in [1.82, 2.24) is 4.90 Å². The molecule has 2 heterocycles. The molecule has 2 rings (SSSR count). The minimum atomic E-state index is -0.246. The molecule has 2 saturated heterocycles.